The summed E-state index contributed by atoms with van der Waals surface area (Å²) in [6.07, 6.45) is 1.72. The first-order valence-electron chi connectivity index (χ1n) is 5.83. The molecule has 0 aromatic heterocycles. The molecule has 0 amide bonds. The molecule has 0 radical (unpaired) electrons. The van der Waals surface area contributed by atoms with E-state index in [2.05, 4.69) is 5.10 Å². The standard InChI is InChI=1S/C13H18N2O2/c1-10-7-11(2)13(16)12(8-10)9-14-15-3-5-17-6-4-15/h7-9,16H,3-6H2,1-2H3/b14-9+. The molecule has 1 fully saturated rings. The summed E-state index contributed by atoms with van der Waals surface area (Å²) in [6.45, 7) is 6.96. The number of rotatable bonds is 2. The van der Waals surface area contributed by atoms with E-state index >= 15 is 0 Å². The molecule has 1 saturated heterocycles. The van der Waals surface area contributed by atoms with Crippen LogP contribution in [0.1, 0.15) is 16.7 Å². The quantitative estimate of drug-likeness (QED) is 0.792. The molecule has 2 rings (SSSR count). The Labute approximate surface area is 102 Å². The first-order valence-corrected chi connectivity index (χ1v) is 5.83. The molecule has 1 N–H and O–H groups in total. The van der Waals surface area contributed by atoms with E-state index in [-0.39, 0.29) is 0 Å². The zero-order chi connectivity index (χ0) is 12.3. The summed E-state index contributed by atoms with van der Waals surface area (Å²) in [5.74, 6) is 0.313. The van der Waals surface area contributed by atoms with Crippen LogP contribution in [0.5, 0.6) is 5.75 Å². The lowest BCUT2D eigenvalue weighted by molar-refractivity contribution is 0.0397. The Balaban J connectivity index is 2.14. The normalized spacial score (nSPS) is 16.7. The highest BCUT2D eigenvalue weighted by Gasteiger charge is 2.08. The summed E-state index contributed by atoms with van der Waals surface area (Å²) in [7, 11) is 0. The molecule has 0 saturated carbocycles. The number of nitrogens with zero attached hydrogens (tertiary/aromatic N) is 2. The number of hydrogen-bond acceptors (Lipinski definition) is 4. The summed E-state index contributed by atoms with van der Waals surface area (Å²) < 4.78 is 5.25. The van der Waals surface area contributed by atoms with Gasteiger partial charge in [-0.15, -0.1) is 0 Å². The van der Waals surface area contributed by atoms with Gasteiger partial charge in [-0.25, -0.2) is 0 Å². The number of ether oxygens (including phenoxy) is 1. The first kappa shape index (κ1) is 11.9. The van der Waals surface area contributed by atoms with Crippen molar-refractivity contribution in [3.05, 3.63) is 28.8 Å². The Morgan fingerprint density at radius 1 is 1.29 bits per heavy atom. The molecule has 1 aromatic carbocycles. The van der Waals surface area contributed by atoms with Crippen molar-refractivity contribution in [3.63, 3.8) is 0 Å². The fourth-order valence-corrected chi connectivity index (χ4v) is 1.90. The monoisotopic (exact) mass is 234 g/mol. The van der Waals surface area contributed by atoms with Crippen molar-refractivity contribution in [2.45, 2.75) is 13.8 Å². The highest BCUT2D eigenvalue weighted by atomic mass is 16.5. The molecule has 1 aromatic rings. The maximum absolute atomic E-state index is 9.92. The molecule has 1 aliphatic rings. The summed E-state index contributed by atoms with van der Waals surface area (Å²) in [4.78, 5) is 0. The lowest BCUT2D eigenvalue weighted by Crippen LogP contribution is -2.32. The number of benzene rings is 1. The second-order valence-corrected chi connectivity index (χ2v) is 4.33. The largest absolute Gasteiger partial charge is 0.507 e. The number of phenols is 1. The van der Waals surface area contributed by atoms with Crippen molar-refractivity contribution in [1.29, 1.82) is 0 Å². The van der Waals surface area contributed by atoms with Gasteiger partial charge in [-0.1, -0.05) is 6.07 Å². The van der Waals surface area contributed by atoms with E-state index in [4.69, 9.17) is 4.74 Å². The average Bonchev–Trinajstić information content (AvgIpc) is 2.33. The zero-order valence-electron chi connectivity index (χ0n) is 10.3. The SMILES string of the molecule is Cc1cc(C)c(O)c(/C=N/N2CCOCC2)c1. The Morgan fingerprint density at radius 3 is 2.71 bits per heavy atom. The summed E-state index contributed by atoms with van der Waals surface area (Å²) in [5.41, 5.74) is 2.78. The zero-order valence-corrected chi connectivity index (χ0v) is 10.3. The van der Waals surface area contributed by atoms with Gasteiger partial charge in [0, 0.05) is 5.56 Å². The molecule has 0 atom stereocenters. The fraction of sp³-hybridized carbons (Fsp3) is 0.462. The minimum Gasteiger partial charge on any atom is -0.507 e. The molecule has 4 nitrogen and oxygen atoms in total. The average molecular weight is 234 g/mol. The smallest absolute Gasteiger partial charge is 0.127 e. The summed E-state index contributed by atoms with van der Waals surface area (Å²) in [6, 6.07) is 3.90. The number of hydrogen-bond donors (Lipinski definition) is 1. The van der Waals surface area contributed by atoms with Gasteiger partial charge in [-0.3, -0.25) is 5.01 Å². The number of aromatic hydroxyl groups is 1. The highest BCUT2D eigenvalue weighted by Crippen LogP contribution is 2.22. The first-order chi connectivity index (χ1) is 8.16. The predicted molar refractivity (Wildman–Crippen MR) is 67.6 cm³/mol. The number of aryl methyl sites for hydroxylation is 2. The second-order valence-electron chi connectivity index (χ2n) is 4.33. The molecule has 1 aliphatic heterocycles. The molecule has 17 heavy (non-hydrogen) atoms. The van der Waals surface area contributed by atoms with E-state index in [1.54, 1.807) is 6.21 Å². The van der Waals surface area contributed by atoms with Gasteiger partial charge in [0.25, 0.3) is 0 Å². The van der Waals surface area contributed by atoms with Crippen molar-refractivity contribution >= 4 is 6.21 Å². The lowest BCUT2D eigenvalue weighted by Gasteiger charge is -2.23. The van der Waals surface area contributed by atoms with Gasteiger partial charge >= 0.3 is 0 Å². The third-order valence-electron chi connectivity index (χ3n) is 2.82. The van der Waals surface area contributed by atoms with Gasteiger partial charge in [0.1, 0.15) is 5.75 Å². The Morgan fingerprint density at radius 2 is 2.00 bits per heavy atom. The number of hydrazone groups is 1. The van der Waals surface area contributed by atoms with E-state index < -0.39 is 0 Å². The van der Waals surface area contributed by atoms with Gasteiger partial charge in [0.15, 0.2) is 0 Å². The molecule has 0 bridgehead atoms. The van der Waals surface area contributed by atoms with Gasteiger partial charge in [-0.05, 0) is 31.0 Å². The van der Waals surface area contributed by atoms with Crippen molar-refractivity contribution in [2.24, 2.45) is 5.10 Å². The fourth-order valence-electron chi connectivity index (χ4n) is 1.90. The van der Waals surface area contributed by atoms with Crippen LogP contribution in [0.2, 0.25) is 0 Å². The van der Waals surface area contributed by atoms with E-state index in [0.29, 0.717) is 5.75 Å². The summed E-state index contributed by atoms with van der Waals surface area (Å²) in [5, 5.41) is 16.2. The highest BCUT2D eigenvalue weighted by molar-refractivity contribution is 5.84. The second kappa shape index (κ2) is 5.19. The van der Waals surface area contributed by atoms with Crippen LogP contribution in [0, 0.1) is 13.8 Å². The van der Waals surface area contributed by atoms with Crippen LogP contribution in [0.25, 0.3) is 0 Å². The number of phenolic OH excluding ortho intramolecular Hbond substituents is 1. The molecule has 0 aliphatic carbocycles. The molecular weight excluding hydrogens is 216 g/mol. The van der Waals surface area contributed by atoms with Crippen molar-refractivity contribution < 1.29 is 9.84 Å². The van der Waals surface area contributed by atoms with Gasteiger partial charge < -0.3 is 9.84 Å². The topological polar surface area (TPSA) is 45.1 Å². The van der Waals surface area contributed by atoms with Crippen LogP contribution in [-0.2, 0) is 4.74 Å². The summed E-state index contributed by atoms with van der Waals surface area (Å²) >= 11 is 0. The van der Waals surface area contributed by atoms with Crippen molar-refractivity contribution in [3.8, 4) is 5.75 Å². The molecule has 4 heteroatoms. The molecule has 1 heterocycles. The molecule has 0 spiro atoms. The Hall–Kier alpha value is -1.55. The molecular formula is C13H18N2O2. The third kappa shape index (κ3) is 2.97. The Kier molecular flexibility index (Phi) is 3.64. The van der Waals surface area contributed by atoms with E-state index in [9.17, 15) is 5.11 Å². The van der Waals surface area contributed by atoms with E-state index in [0.717, 1.165) is 43.0 Å². The third-order valence-corrected chi connectivity index (χ3v) is 2.82. The van der Waals surface area contributed by atoms with Crippen molar-refractivity contribution in [2.75, 3.05) is 26.3 Å². The minimum atomic E-state index is 0.313. The van der Waals surface area contributed by atoms with Gasteiger partial charge in [0.2, 0.25) is 0 Å². The van der Waals surface area contributed by atoms with E-state index in [1.165, 1.54) is 0 Å². The molecule has 92 valence electrons. The predicted octanol–water partition coefficient (Wildman–Crippen LogP) is 1.68. The molecule has 0 unspecified atom stereocenters. The Bertz CT molecular complexity index is 424. The van der Waals surface area contributed by atoms with Crippen LogP contribution in [0.4, 0.5) is 0 Å². The minimum absolute atomic E-state index is 0.313. The van der Waals surface area contributed by atoms with Gasteiger partial charge in [0.05, 0.1) is 32.5 Å². The number of morpholine rings is 1. The van der Waals surface area contributed by atoms with E-state index in [1.807, 2.05) is 31.0 Å². The van der Waals surface area contributed by atoms with Crippen LogP contribution < -0.4 is 0 Å². The van der Waals surface area contributed by atoms with Crippen LogP contribution in [0.3, 0.4) is 0 Å². The van der Waals surface area contributed by atoms with Gasteiger partial charge in [-0.2, -0.15) is 5.10 Å². The van der Waals surface area contributed by atoms with Crippen LogP contribution >= 0.6 is 0 Å². The van der Waals surface area contributed by atoms with Crippen LogP contribution in [-0.4, -0.2) is 42.6 Å². The van der Waals surface area contributed by atoms with Crippen LogP contribution in [0.15, 0.2) is 17.2 Å². The maximum Gasteiger partial charge on any atom is 0.127 e. The lowest BCUT2D eigenvalue weighted by atomic mass is 10.1. The maximum atomic E-state index is 9.92. The van der Waals surface area contributed by atoms with Crippen molar-refractivity contribution in [1.82, 2.24) is 5.01 Å².